The first kappa shape index (κ1) is 12.2. The Bertz CT molecular complexity index is 524. The fraction of sp³-hybridized carbons (Fsp3) is 0.400. The first-order chi connectivity index (χ1) is 9.36. The highest BCUT2D eigenvalue weighted by molar-refractivity contribution is 5.33. The zero-order valence-electron chi connectivity index (χ0n) is 11.2. The van der Waals surface area contributed by atoms with Gasteiger partial charge in [0, 0.05) is 36.5 Å². The molecular formula is C15H19N3O. The second-order valence-electron chi connectivity index (χ2n) is 5.04. The minimum atomic E-state index is 0.581. The number of hydrogen-bond donors (Lipinski definition) is 1. The van der Waals surface area contributed by atoms with Gasteiger partial charge in [0.25, 0.3) is 0 Å². The van der Waals surface area contributed by atoms with Gasteiger partial charge in [0.1, 0.15) is 5.75 Å². The summed E-state index contributed by atoms with van der Waals surface area (Å²) in [7, 11) is 1.73. The Balaban J connectivity index is 1.66. The van der Waals surface area contributed by atoms with Crippen LogP contribution in [0.5, 0.6) is 5.75 Å². The summed E-state index contributed by atoms with van der Waals surface area (Å²) in [6.07, 6.45) is 3.02. The molecule has 0 bridgehead atoms. The molecule has 1 aliphatic heterocycles. The summed E-state index contributed by atoms with van der Waals surface area (Å²) in [5.74, 6) is 1.56. The summed E-state index contributed by atoms with van der Waals surface area (Å²) < 4.78 is 5.41. The van der Waals surface area contributed by atoms with Gasteiger partial charge in [0.05, 0.1) is 7.11 Å². The predicted octanol–water partition coefficient (Wildman–Crippen LogP) is 2.41. The van der Waals surface area contributed by atoms with Crippen LogP contribution in [-0.4, -0.2) is 35.3 Å². The number of likely N-dealkylation sites (tertiary alicyclic amines) is 1. The SMILES string of the molecule is COc1ccccc1CN1CCC(c2ccn[nH]2)C1. The Kier molecular flexibility index (Phi) is 3.51. The van der Waals surface area contributed by atoms with E-state index in [0.717, 1.165) is 25.4 Å². The number of nitrogens with zero attached hydrogens (tertiary/aromatic N) is 2. The number of methoxy groups -OCH3 is 1. The zero-order chi connectivity index (χ0) is 13.1. The normalized spacial score (nSPS) is 19.7. The number of rotatable bonds is 4. The lowest BCUT2D eigenvalue weighted by Gasteiger charge is -2.17. The highest BCUT2D eigenvalue weighted by atomic mass is 16.5. The second-order valence-corrected chi connectivity index (χ2v) is 5.04. The number of aromatic nitrogens is 2. The maximum Gasteiger partial charge on any atom is 0.123 e. The van der Waals surface area contributed by atoms with Crippen LogP contribution in [0.4, 0.5) is 0 Å². The highest BCUT2D eigenvalue weighted by Gasteiger charge is 2.25. The maximum atomic E-state index is 5.41. The van der Waals surface area contributed by atoms with Crippen LogP contribution < -0.4 is 4.74 Å². The predicted molar refractivity (Wildman–Crippen MR) is 74.2 cm³/mol. The van der Waals surface area contributed by atoms with Crippen molar-refractivity contribution >= 4 is 0 Å². The summed E-state index contributed by atoms with van der Waals surface area (Å²) in [4.78, 5) is 2.48. The lowest BCUT2D eigenvalue weighted by Crippen LogP contribution is -2.20. The van der Waals surface area contributed by atoms with Crippen LogP contribution in [0.2, 0.25) is 0 Å². The van der Waals surface area contributed by atoms with Crippen molar-refractivity contribution in [2.24, 2.45) is 0 Å². The van der Waals surface area contributed by atoms with Gasteiger partial charge in [-0.25, -0.2) is 0 Å². The molecule has 0 saturated carbocycles. The molecule has 1 aliphatic rings. The van der Waals surface area contributed by atoms with Gasteiger partial charge in [0.15, 0.2) is 0 Å². The largest absolute Gasteiger partial charge is 0.496 e. The molecule has 2 aromatic rings. The molecule has 0 radical (unpaired) electrons. The monoisotopic (exact) mass is 257 g/mol. The first-order valence-corrected chi connectivity index (χ1v) is 6.70. The van der Waals surface area contributed by atoms with E-state index >= 15 is 0 Å². The van der Waals surface area contributed by atoms with E-state index in [1.54, 1.807) is 7.11 Å². The van der Waals surface area contributed by atoms with Crippen LogP contribution in [0.15, 0.2) is 36.5 Å². The molecule has 0 amide bonds. The quantitative estimate of drug-likeness (QED) is 0.914. The van der Waals surface area contributed by atoms with Gasteiger partial charge in [-0.2, -0.15) is 5.10 Å². The summed E-state index contributed by atoms with van der Waals surface area (Å²) in [6.45, 7) is 3.16. The van der Waals surface area contributed by atoms with Gasteiger partial charge in [-0.05, 0) is 25.1 Å². The standard InChI is InChI=1S/C15H19N3O/c1-19-15-5-3-2-4-13(15)11-18-9-7-12(10-18)14-6-8-16-17-14/h2-6,8,12H,7,9-11H2,1H3,(H,16,17). The van der Waals surface area contributed by atoms with E-state index in [9.17, 15) is 0 Å². The van der Waals surface area contributed by atoms with Crippen molar-refractivity contribution in [3.63, 3.8) is 0 Å². The Morgan fingerprint density at radius 3 is 3.05 bits per heavy atom. The summed E-state index contributed by atoms with van der Waals surface area (Å²) in [6, 6.07) is 10.3. The van der Waals surface area contributed by atoms with Crippen molar-refractivity contribution in [2.75, 3.05) is 20.2 Å². The molecule has 1 atom stereocenters. The molecule has 1 aromatic heterocycles. The van der Waals surface area contributed by atoms with Crippen LogP contribution in [0.25, 0.3) is 0 Å². The van der Waals surface area contributed by atoms with Gasteiger partial charge >= 0.3 is 0 Å². The smallest absolute Gasteiger partial charge is 0.123 e. The Labute approximate surface area is 113 Å². The molecule has 0 spiro atoms. The van der Waals surface area contributed by atoms with E-state index in [2.05, 4.69) is 33.3 Å². The van der Waals surface area contributed by atoms with Crippen molar-refractivity contribution < 1.29 is 4.74 Å². The minimum absolute atomic E-state index is 0.581. The zero-order valence-corrected chi connectivity index (χ0v) is 11.2. The van der Waals surface area contributed by atoms with Crippen molar-refractivity contribution in [2.45, 2.75) is 18.9 Å². The number of nitrogens with one attached hydrogen (secondary N) is 1. The Morgan fingerprint density at radius 2 is 2.26 bits per heavy atom. The number of hydrogen-bond acceptors (Lipinski definition) is 3. The third kappa shape index (κ3) is 2.63. The van der Waals surface area contributed by atoms with E-state index in [1.807, 2.05) is 18.3 Å². The molecule has 1 saturated heterocycles. The number of benzene rings is 1. The van der Waals surface area contributed by atoms with Gasteiger partial charge in [-0.15, -0.1) is 0 Å². The topological polar surface area (TPSA) is 41.1 Å². The summed E-state index contributed by atoms with van der Waals surface area (Å²) >= 11 is 0. The molecule has 4 heteroatoms. The fourth-order valence-corrected chi connectivity index (χ4v) is 2.80. The molecule has 2 heterocycles. The molecule has 100 valence electrons. The third-order valence-electron chi connectivity index (χ3n) is 3.82. The van der Waals surface area contributed by atoms with Gasteiger partial charge < -0.3 is 4.74 Å². The first-order valence-electron chi connectivity index (χ1n) is 6.70. The van der Waals surface area contributed by atoms with Crippen LogP contribution >= 0.6 is 0 Å². The van der Waals surface area contributed by atoms with Crippen molar-refractivity contribution in [1.82, 2.24) is 15.1 Å². The number of aromatic amines is 1. The second kappa shape index (κ2) is 5.45. The van der Waals surface area contributed by atoms with Crippen molar-refractivity contribution in [3.8, 4) is 5.75 Å². The van der Waals surface area contributed by atoms with Crippen LogP contribution in [-0.2, 0) is 6.54 Å². The number of ether oxygens (including phenoxy) is 1. The molecule has 1 fully saturated rings. The molecule has 1 N–H and O–H groups in total. The van der Waals surface area contributed by atoms with Crippen molar-refractivity contribution in [1.29, 1.82) is 0 Å². The van der Waals surface area contributed by atoms with Gasteiger partial charge in [-0.1, -0.05) is 18.2 Å². The molecule has 1 aromatic carbocycles. The Hall–Kier alpha value is -1.81. The highest BCUT2D eigenvalue weighted by Crippen LogP contribution is 2.28. The van der Waals surface area contributed by atoms with E-state index in [4.69, 9.17) is 4.74 Å². The molecule has 1 unspecified atom stereocenters. The van der Waals surface area contributed by atoms with Crippen LogP contribution in [0, 0.1) is 0 Å². The molecule has 3 rings (SSSR count). The van der Waals surface area contributed by atoms with E-state index < -0.39 is 0 Å². The van der Waals surface area contributed by atoms with E-state index in [1.165, 1.54) is 17.7 Å². The lowest BCUT2D eigenvalue weighted by atomic mass is 10.1. The maximum absolute atomic E-state index is 5.41. The van der Waals surface area contributed by atoms with Crippen LogP contribution in [0.1, 0.15) is 23.6 Å². The molecule has 4 nitrogen and oxygen atoms in total. The van der Waals surface area contributed by atoms with Crippen molar-refractivity contribution in [3.05, 3.63) is 47.8 Å². The average Bonchev–Trinajstić information content (AvgIpc) is 3.09. The Morgan fingerprint density at radius 1 is 1.37 bits per heavy atom. The number of para-hydroxylation sites is 1. The lowest BCUT2D eigenvalue weighted by molar-refractivity contribution is 0.316. The molecule has 19 heavy (non-hydrogen) atoms. The van der Waals surface area contributed by atoms with E-state index in [-0.39, 0.29) is 0 Å². The minimum Gasteiger partial charge on any atom is -0.496 e. The average molecular weight is 257 g/mol. The summed E-state index contributed by atoms with van der Waals surface area (Å²) in [5.41, 5.74) is 2.51. The number of H-pyrrole nitrogens is 1. The molecular weight excluding hydrogens is 238 g/mol. The van der Waals surface area contributed by atoms with Gasteiger partial charge in [-0.3, -0.25) is 10.00 Å². The van der Waals surface area contributed by atoms with Gasteiger partial charge in [0.2, 0.25) is 0 Å². The summed E-state index contributed by atoms with van der Waals surface area (Å²) in [5, 5.41) is 7.12. The third-order valence-corrected chi connectivity index (χ3v) is 3.82. The van der Waals surface area contributed by atoms with E-state index in [0.29, 0.717) is 5.92 Å². The molecule has 0 aliphatic carbocycles. The van der Waals surface area contributed by atoms with Crippen LogP contribution in [0.3, 0.4) is 0 Å². The fourth-order valence-electron chi connectivity index (χ4n) is 2.80.